The molecule has 0 radical (unpaired) electrons. The fourth-order valence-electron chi connectivity index (χ4n) is 1.24. The Balaban J connectivity index is 2.45. The van der Waals surface area contributed by atoms with Gasteiger partial charge in [-0.3, -0.25) is 4.79 Å². The first kappa shape index (κ1) is 13.2. The van der Waals surface area contributed by atoms with E-state index in [1.807, 2.05) is 24.3 Å². The van der Waals surface area contributed by atoms with Crippen LogP contribution < -0.4 is 5.32 Å². The van der Waals surface area contributed by atoms with Crippen LogP contribution in [0, 0.1) is 5.41 Å². The van der Waals surface area contributed by atoms with Crippen LogP contribution >= 0.6 is 15.9 Å². The van der Waals surface area contributed by atoms with E-state index >= 15 is 0 Å². The van der Waals surface area contributed by atoms with Crippen LogP contribution in [0.4, 0.5) is 0 Å². The molecule has 1 rings (SSSR count). The Hall–Kier alpha value is -0.870. The second-order valence-electron chi connectivity index (χ2n) is 4.42. The number of hydrogen-bond donors (Lipinski definition) is 2. The average molecular weight is 286 g/mol. The largest absolute Gasteiger partial charge is 0.481 e. The molecule has 0 aliphatic rings. The quantitative estimate of drug-likeness (QED) is 0.875. The second-order valence-corrected chi connectivity index (χ2v) is 5.34. The third-order valence-corrected chi connectivity index (χ3v) is 2.86. The highest BCUT2D eigenvalue weighted by Gasteiger charge is 2.26. The molecule has 1 aromatic rings. The molecule has 1 aromatic carbocycles. The van der Waals surface area contributed by atoms with Crippen molar-refractivity contribution in [2.45, 2.75) is 20.4 Å². The average Bonchev–Trinajstić information content (AvgIpc) is 2.17. The van der Waals surface area contributed by atoms with Crippen molar-refractivity contribution in [3.63, 3.8) is 0 Å². The summed E-state index contributed by atoms with van der Waals surface area (Å²) in [6.45, 7) is 4.55. The van der Waals surface area contributed by atoms with E-state index in [1.54, 1.807) is 13.8 Å². The molecular formula is C12H16BrNO2. The molecule has 0 unspecified atom stereocenters. The first-order valence-electron chi connectivity index (χ1n) is 5.10. The molecule has 0 saturated carbocycles. The number of carboxylic acids is 1. The lowest BCUT2D eigenvalue weighted by Gasteiger charge is -2.19. The summed E-state index contributed by atoms with van der Waals surface area (Å²) >= 11 is 3.39. The van der Waals surface area contributed by atoms with Gasteiger partial charge in [0.15, 0.2) is 0 Å². The monoisotopic (exact) mass is 285 g/mol. The topological polar surface area (TPSA) is 49.3 Å². The van der Waals surface area contributed by atoms with Crippen molar-refractivity contribution in [1.82, 2.24) is 5.32 Å². The molecule has 0 aromatic heterocycles. The van der Waals surface area contributed by atoms with E-state index in [1.165, 1.54) is 0 Å². The Morgan fingerprint density at radius 3 is 2.75 bits per heavy atom. The molecule has 4 heteroatoms. The Labute approximate surface area is 104 Å². The molecule has 2 N–H and O–H groups in total. The molecule has 0 aliphatic carbocycles. The van der Waals surface area contributed by atoms with E-state index in [0.29, 0.717) is 13.1 Å². The van der Waals surface area contributed by atoms with Gasteiger partial charge in [-0.05, 0) is 31.5 Å². The zero-order valence-corrected chi connectivity index (χ0v) is 11.0. The molecule has 0 bridgehead atoms. The normalized spacial score (nSPS) is 11.4. The molecular weight excluding hydrogens is 270 g/mol. The number of carboxylic acid groups (broad SMARTS) is 1. The molecule has 16 heavy (non-hydrogen) atoms. The van der Waals surface area contributed by atoms with Gasteiger partial charge in [-0.15, -0.1) is 0 Å². The number of benzene rings is 1. The standard InChI is InChI=1S/C12H16BrNO2/c1-12(2,11(15)16)8-14-7-9-4-3-5-10(13)6-9/h3-6,14H,7-8H2,1-2H3,(H,15,16). The summed E-state index contributed by atoms with van der Waals surface area (Å²) in [5, 5.41) is 12.1. The number of halogens is 1. The Bertz CT molecular complexity index is 377. The fraction of sp³-hybridized carbons (Fsp3) is 0.417. The molecule has 0 spiro atoms. The minimum Gasteiger partial charge on any atom is -0.481 e. The third-order valence-electron chi connectivity index (χ3n) is 2.36. The van der Waals surface area contributed by atoms with Crippen molar-refractivity contribution < 1.29 is 9.90 Å². The zero-order valence-electron chi connectivity index (χ0n) is 9.46. The SMILES string of the molecule is CC(C)(CNCc1cccc(Br)c1)C(=O)O. The van der Waals surface area contributed by atoms with Crippen LogP contribution in [0.1, 0.15) is 19.4 Å². The van der Waals surface area contributed by atoms with Gasteiger partial charge in [0.25, 0.3) is 0 Å². The molecule has 0 saturated heterocycles. The summed E-state index contributed by atoms with van der Waals surface area (Å²) in [6, 6.07) is 7.94. The lowest BCUT2D eigenvalue weighted by Crippen LogP contribution is -2.35. The van der Waals surface area contributed by atoms with Crippen molar-refractivity contribution in [2.75, 3.05) is 6.54 Å². The molecule has 0 atom stereocenters. The van der Waals surface area contributed by atoms with E-state index in [-0.39, 0.29) is 0 Å². The Morgan fingerprint density at radius 2 is 2.19 bits per heavy atom. The molecule has 0 aliphatic heterocycles. The molecule has 3 nitrogen and oxygen atoms in total. The summed E-state index contributed by atoms with van der Waals surface area (Å²) in [5.74, 6) is -0.783. The van der Waals surface area contributed by atoms with Gasteiger partial charge in [0.05, 0.1) is 5.41 Å². The van der Waals surface area contributed by atoms with Crippen LogP contribution in [0.25, 0.3) is 0 Å². The van der Waals surface area contributed by atoms with Gasteiger partial charge in [0.1, 0.15) is 0 Å². The van der Waals surface area contributed by atoms with Gasteiger partial charge in [-0.25, -0.2) is 0 Å². The van der Waals surface area contributed by atoms with Crippen molar-refractivity contribution in [1.29, 1.82) is 0 Å². The maximum Gasteiger partial charge on any atom is 0.310 e. The van der Waals surface area contributed by atoms with Crippen LogP contribution in [-0.2, 0) is 11.3 Å². The van der Waals surface area contributed by atoms with Crippen LogP contribution in [0.3, 0.4) is 0 Å². The number of aliphatic carboxylic acids is 1. The van der Waals surface area contributed by atoms with Crippen LogP contribution in [0.15, 0.2) is 28.7 Å². The third kappa shape index (κ3) is 3.94. The minimum atomic E-state index is -0.783. The minimum absolute atomic E-state index is 0.453. The maximum absolute atomic E-state index is 10.9. The van der Waals surface area contributed by atoms with Gasteiger partial charge in [0.2, 0.25) is 0 Å². The highest BCUT2D eigenvalue weighted by atomic mass is 79.9. The van der Waals surface area contributed by atoms with Gasteiger partial charge in [0, 0.05) is 17.6 Å². The molecule has 0 heterocycles. The molecule has 0 amide bonds. The van der Waals surface area contributed by atoms with Crippen molar-refractivity contribution in [2.24, 2.45) is 5.41 Å². The van der Waals surface area contributed by atoms with E-state index in [9.17, 15) is 4.79 Å². The van der Waals surface area contributed by atoms with E-state index < -0.39 is 11.4 Å². The highest BCUT2D eigenvalue weighted by Crippen LogP contribution is 2.14. The predicted molar refractivity (Wildman–Crippen MR) is 67.3 cm³/mol. The molecule has 88 valence electrons. The van der Waals surface area contributed by atoms with E-state index in [0.717, 1.165) is 10.0 Å². The van der Waals surface area contributed by atoms with Crippen LogP contribution in [0.2, 0.25) is 0 Å². The summed E-state index contributed by atoms with van der Waals surface area (Å²) in [4.78, 5) is 10.9. The lowest BCUT2D eigenvalue weighted by molar-refractivity contribution is -0.146. The van der Waals surface area contributed by atoms with Gasteiger partial charge in [-0.2, -0.15) is 0 Å². The Kier molecular flexibility index (Phi) is 4.50. The van der Waals surface area contributed by atoms with Crippen molar-refractivity contribution in [3.8, 4) is 0 Å². The number of nitrogens with one attached hydrogen (secondary N) is 1. The summed E-state index contributed by atoms with van der Waals surface area (Å²) in [5.41, 5.74) is 0.405. The predicted octanol–water partition coefficient (Wildman–Crippen LogP) is 2.65. The highest BCUT2D eigenvalue weighted by molar-refractivity contribution is 9.10. The fourth-order valence-corrected chi connectivity index (χ4v) is 1.69. The van der Waals surface area contributed by atoms with Crippen LogP contribution in [-0.4, -0.2) is 17.6 Å². The summed E-state index contributed by atoms with van der Waals surface area (Å²) < 4.78 is 1.03. The molecule has 0 fully saturated rings. The maximum atomic E-state index is 10.9. The van der Waals surface area contributed by atoms with Crippen LogP contribution in [0.5, 0.6) is 0 Å². The first-order chi connectivity index (χ1) is 7.42. The van der Waals surface area contributed by atoms with Crippen molar-refractivity contribution in [3.05, 3.63) is 34.3 Å². The lowest BCUT2D eigenvalue weighted by atomic mass is 9.94. The van der Waals surface area contributed by atoms with E-state index in [2.05, 4.69) is 21.2 Å². The van der Waals surface area contributed by atoms with Gasteiger partial charge in [-0.1, -0.05) is 28.1 Å². The second kappa shape index (κ2) is 5.46. The van der Waals surface area contributed by atoms with Gasteiger partial charge < -0.3 is 10.4 Å². The summed E-state index contributed by atoms with van der Waals surface area (Å²) in [7, 11) is 0. The first-order valence-corrected chi connectivity index (χ1v) is 5.90. The van der Waals surface area contributed by atoms with E-state index in [4.69, 9.17) is 5.11 Å². The zero-order chi connectivity index (χ0) is 12.2. The number of rotatable bonds is 5. The van der Waals surface area contributed by atoms with Crippen molar-refractivity contribution >= 4 is 21.9 Å². The van der Waals surface area contributed by atoms with Gasteiger partial charge >= 0.3 is 5.97 Å². The Morgan fingerprint density at radius 1 is 1.50 bits per heavy atom. The smallest absolute Gasteiger partial charge is 0.310 e. The number of hydrogen-bond acceptors (Lipinski definition) is 2. The number of carbonyl (C=O) groups is 1. The summed E-state index contributed by atoms with van der Waals surface area (Å²) in [6.07, 6.45) is 0.